The Morgan fingerprint density at radius 1 is 1.15 bits per heavy atom. The highest BCUT2D eigenvalue weighted by atomic mass is 79.9. The summed E-state index contributed by atoms with van der Waals surface area (Å²) in [5, 5.41) is 16.8. The summed E-state index contributed by atoms with van der Waals surface area (Å²) in [7, 11) is 0. The standard InChI is InChI=1S/C30H27BrCl2N6OS/c1-20(36-28(40)13-24-15-35-19-39(24)17-22-11-9-21(14-34)10-12-22)16-38(18-23-5-4-7-26(32)29(23)33)30(41)37-27-8-3-2-6-25(27)31/h2-12,15,19-20H,13,16-18H2,1H3,(H,36,40)(H,37,41). The quantitative estimate of drug-likeness (QED) is 0.180. The predicted molar refractivity (Wildman–Crippen MR) is 171 cm³/mol. The molecule has 1 aromatic heterocycles. The largest absolute Gasteiger partial charge is 0.352 e. The lowest BCUT2D eigenvalue weighted by Gasteiger charge is -2.30. The predicted octanol–water partition coefficient (Wildman–Crippen LogP) is 6.82. The lowest BCUT2D eigenvalue weighted by molar-refractivity contribution is -0.121. The van der Waals surface area contributed by atoms with Crippen molar-refractivity contribution in [3.8, 4) is 6.07 Å². The van der Waals surface area contributed by atoms with Crippen LogP contribution in [0.4, 0.5) is 5.69 Å². The Hall–Kier alpha value is -3.42. The number of amides is 1. The summed E-state index contributed by atoms with van der Waals surface area (Å²) in [5.41, 5.74) is 4.05. The average molecular weight is 670 g/mol. The number of imidazole rings is 1. The van der Waals surface area contributed by atoms with Crippen LogP contribution in [0.5, 0.6) is 0 Å². The van der Waals surface area contributed by atoms with Crippen LogP contribution < -0.4 is 10.6 Å². The number of nitriles is 1. The van der Waals surface area contributed by atoms with Gasteiger partial charge in [-0.25, -0.2) is 4.98 Å². The smallest absolute Gasteiger partial charge is 0.226 e. The molecule has 0 radical (unpaired) electrons. The number of halogens is 3. The highest BCUT2D eigenvalue weighted by Crippen LogP contribution is 2.27. The number of rotatable bonds is 10. The molecule has 3 aromatic carbocycles. The van der Waals surface area contributed by atoms with E-state index in [-0.39, 0.29) is 18.4 Å². The molecule has 2 N–H and O–H groups in total. The Labute approximate surface area is 263 Å². The normalized spacial score (nSPS) is 11.4. The van der Waals surface area contributed by atoms with E-state index >= 15 is 0 Å². The minimum atomic E-state index is -0.241. The number of anilines is 1. The SMILES string of the molecule is CC(CN(Cc1cccc(Cl)c1Cl)C(=S)Nc1ccccc1Br)NC(=O)Cc1cncn1Cc1ccc(C#N)cc1. The monoisotopic (exact) mass is 668 g/mol. The molecule has 0 saturated heterocycles. The number of para-hydroxylation sites is 1. The molecule has 0 fully saturated rings. The molecule has 4 rings (SSSR count). The van der Waals surface area contributed by atoms with Gasteiger partial charge in [0.2, 0.25) is 5.91 Å². The number of nitrogens with zero attached hydrogens (tertiary/aromatic N) is 4. The fourth-order valence-corrected chi connectivity index (χ4v) is 5.25. The molecular formula is C30H27BrCl2N6OS. The van der Waals surface area contributed by atoms with Gasteiger partial charge < -0.3 is 20.1 Å². The molecule has 0 aliphatic heterocycles. The number of hydrogen-bond donors (Lipinski definition) is 2. The minimum Gasteiger partial charge on any atom is -0.352 e. The van der Waals surface area contributed by atoms with Crippen LogP contribution in [-0.4, -0.2) is 38.1 Å². The number of aromatic nitrogens is 2. The van der Waals surface area contributed by atoms with Gasteiger partial charge in [-0.05, 0) is 76.5 Å². The maximum atomic E-state index is 13.1. The van der Waals surface area contributed by atoms with Gasteiger partial charge in [0.25, 0.3) is 0 Å². The summed E-state index contributed by atoms with van der Waals surface area (Å²) in [4.78, 5) is 19.2. The molecule has 1 heterocycles. The lowest BCUT2D eigenvalue weighted by atomic mass is 10.1. The maximum absolute atomic E-state index is 13.1. The van der Waals surface area contributed by atoms with Gasteiger partial charge in [-0.15, -0.1) is 0 Å². The van der Waals surface area contributed by atoms with E-state index in [1.807, 2.05) is 64.9 Å². The van der Waals surface area contributed by atoms with Gasteiger partial charge in [-0.2, -0.15) is 5.26 Å². The first-order chi connectivity index (χ1) is 19.7. The molecule has 0 saturated carbocycles. The van der Waals surface area contributed by atoms with Gasteiger partial charge in [0, 0.05) is 42.0 Å². The molecule has 1 atom stereocenters. The van der Waals surface area contributed by atoms with E-state index in [0.717, 1.165) is 27.0 Å². The third-order valence-corrected chi connectivity index (χ3v) is 8.18. The van der Waals surface area contributed by atoms with E-state index in [9.17, 15) is 4.79 Å². The van der Waals surface area contributed by atoms with Crippen molar-refractivity contribution in [2.45, 2.75) is 32.5 Å². The van der Waals surface area contributed by atoms with E-state index in [1.54, 1.807) is 30.7 Å². The van der Waals surface area contributed by atoms with Gasteiger partial charge in [-0.3, -0.25) is 4.79 Å². The second-order valence-corrected chi connectivity index (χ2v) is 11.5. The first-order valence-electron chi connectivity index (χ1n) is 12.7. The van der Waals surface area contributed by atoms with Crippen molar-refractivity contribution in [2.24, 2.45) is 0 Å². The Bertz CT molecular complexity index is 1570. The molecule has 4 aromatic rings. The van der Waals surface area contributed by atoms with E-state index < -0.39 is 0 Å². The van der Waals surface area contributed by atoms with Crippen LogP contribution in [0.15, 0.2) is 83.7 Å². The average Bonchev–Trinajstić information content (AvgIpc) is 3.38. The Morgan fingerprint density at radius 3 is 2.63 bits per heavy atom. The van der Waals surface area contributed by atoms with Crippen LogP contribution in [0.1, 0.15) is 29.3 Å². The summed E-state index contributed by atoms with van der Waals surface area (Å²) in [6.45, 7) is 3.30. The topological polar surface area (TPSA) is 86.0 Å². The number of carbonyl (C=O) groups excluding carboxylic acids is 1. The summed E-state index contributed by atoms with van der Waals surface area (Å²) in [6.07, 6.45) is 3.56. The fourth-order valence-electron chi connectivity index (χ4n) is 4.24. The van der Waals surface area contributed by atoms with Gasteiger partial charge in [-0.1, -0.05) is 59.6 Å². The zero-order valence-electron chi connectivity index (χ0n) is 22.2. The highest BCUT2D eigenvalue weighted by Gasteiger charge is 2.19. The molecular weight excluding hydrogens is 643 g/mol. The Balaban J connectivity index is 1.42. The zero-order valence-corrected chi connectivity index (χ0v) is 26.1. The van der Waals surface area contributed by atoms with Crippen molar-refractivity contribution in [3.63, 3.8) is 0 Å². The van der Waals surface area contributed by atoms with Crippen LogP contribution in [0.3, 0.4) is 0 Å². The van der Waals surface area contributed by atoms with Crippen molar-refractivity contribution >= 4 is 68.1 Å². The van der Waals surface area contributed by atoms with Crippen molar-refractivity contribution in [3.05, 3.63) is 116 Å². The van der Waals surface area contributed by atoms with Crippen molar-refractivity contribution in [2.75, 3.05) is 11.9 Å². The number of hydrogen-bond acceptors (Lipinski definition) is 4. The van der Waals surface area contributed by atoms with Crippen LogP contribution in [-0.2, 0) is 24.3 Å². The van der Waals surface area contributed by atoms with E-state index in [1.165, 1.54) is 0 Å². The third-order valence-electron chi connectivity index (χ3n) is 6.27. The van der Waals surface area contributed by atoms with E-state index in [0.29, 0.717) is 40.4 Å². The molecule has 41 heavy (non-hydrogen) atoms. The molecule has 0 bridgehead atoms. The lowest BCUT2D eigenvalue weighted by Crippen LogP contribution is -2.45. The third kappa shape index (κ3) is 8.54. The highest BCUT2D eigenvalue weighted by molar-refractivity contribution is 9.10. The van der Waals surface area contributed by atoms with Crippen LogP contribution >= 0.6 is 51.3 Å². The van der Waals surface area contributed by atoms with E-state index in [2.05, 4.69) is 37.6 Å². The maximum Gasteiger partial charge on any atom is 0.226 e. The summed E-state index contributed by atoms with van der Waals surface area (Å²) in [6, 6.07) is 22.4. The second kappa shape index (κ2) is 14.5. The zero-order chi connectivity index (χ0) is 29.4. The molecule has 0 spiro atoms. The second-order valence-electron chi connectivity index (χ2n) is 9.47. The molecule has 1 unspecified atom stereocenters. The Morgan fingerprint density at radius 2 is 1.90 bits per heavy atom. The molecule has 0 aliphatic carbocycles. The van der Waals surface area contributed by atoms with Crippen molar-refractivity contribution in [1.29, 1.82) is 5.26 Å². The molecule has 11 heteroatoms. The van der Waals surface area contributed by atoms with Crippen LogP contribution in [0, 0.1) is 11.3 Å². The van der Waals surface area contributed by atoms with Crippen molar-refractivity contribution < 1.29 is 4.79 Å². The van der Waals surface area contributed by atoms with Gasteiger partial charge in [0.05, 0.1) is 40.1 Å². The van der Waals surface area contributed by atoms with Gasteiger partial charge in [0.15, 0.2) is 5.11 Å². The van der Waals surface area contributed by atoms with Gasteiger partial charge >= 0.3 is 0 Å². The number of benzene rings is 3. The van der Waals surface area contributed by atoms with Crippen LogP contribution in [0.2, 0.25) is 10.0 Å². The van der Waals surface area contributed by atoms with Crippen molar-refractivity contribution in [1.82, 2.24) is 19.8 Å². The number of thiocarbonyl (C=S) groups is 1. The number of carbonyl (C=O) groups is 1. The molecule has 1 amide bonds. The summed E-state index contributed by atoms with van der Waals surface area (Å²) >= 11 is 22.1. The first-order valence-corrected chi connectivity index (χ1v) is 14.7. The molecule has 7 nitrogen and oxygen atoms in total. The Kier molecular flexibility index (Phi) is 10.8. The minimum absolute atomic E-state index is 0.135. The van der Waals surface area contributed by atoms with E-state index in [4.69, 9.17) is 40.7 Å². The molecule has 0 aliphatic rings. The first kappa shape index (κ1) is 30.5. The summed E-state index contributed by atoms with van der Waals surface area (Å²) < 4.78 is 2.80. The van der Waals surface area contributed by atoms with Crippen LogP contribution in [0.25, 0.3) is 0 Å². The summed E-state index contributed by atoms with van der Waals surface area (Å²) in [5.74, 6) is -0.135. The molecule has 210 valence electrons. The van der Waals surface area contributed by atoms with Gasteiger partial charge in [0.1, 0.15) is 0 Å². The number of nitrogens with one attached hydrogen (secondary N) is 2. The fraction of sp³-hybridized carbons (Fsp3) is 0.200.